The van der Waals surface area contributed by atoms with Gasteiger partial charge in [0.1, 0.15) is 0 Å². The average Bonchev–Trinajstić information content (AvgIpc) is 2.46. The third-order valence-corrected chi connectivity index (χ3v) is 4.86. The number of halogens is 1. The highest BCUT2D eigenvalue weighted by molar-refractivity contribution is 7.89. The summed E-state index contributed by atoms with van der Waals surface area (Å²) in [4.78, 5) is -0.0605. The smallest absolute Gasteiger partial charge is 0.399 e. The molecule has 0 aromatic heterocycles. The number of benzene rings is 1. The predicted octanol–water partition coefficient (Wildman–Crippen LogP) is 1.29. The van der Waals surface area contributed by atoms with E-state index >= 15 is 0 Å². The van der Waals surface area contributed by atoms with Crippen LogP contribution in [0, 0.1) is 0 Å². The molecule has 0 bridgehead atoms. The fourth-order valence-electron chi connectivity index (χ4n) is 1.86. The summed E-state index contributed by atoms with van der Waals surface area (Å²) in [5, 5.41) is 5.40. The van der Waals surface area contributed by atoms with E-state index in [-0.39, 0.29) is 9.92 Å². The molecule has 1 aliphatic rings. The lowest BCUT2D eigenvalue weighted by Crippen LogP contribution is -2.41. The van der Waals surface area contributed by atoms with E-state index in [9.17, 15) is 8.42 Å². The Morgan fingerprint density at radius 1 is 1.10 bits per heavy atom. The number of rotatable bonds is 2. The van der Waals surface area contributed by atoms with Gasteiger partial charge in [-0.05, 0) is 51.4 Å². The van der Waals surface area contributed by atoms with Crippen molar-refractivity contribution in [2.75, 3.05) is 0 Å². The first-order valence-electron chi connectivity index (χ1n) is 6.11. The van der Waals surface area contributed by atoms with E-state index in [1.807, 2.05) is 27.7 Å². The summed E-state index contributed by atoms with van der Waals surface area (Å²) in [6.07, 6.45) is 0. The quantitative estimate of drug-likeness (QED) is 0.834. The van der Waals surface area contributed by atoms with Crippen LogP contribution in [0.1, 0.15) is 27.7 Å². The van der Waals surface area contributed by atoms with Crippen molar-refractivity contribution in [2.24, 2.45) is 5.14 Å². The summed E-state index contributed by atoms with van der Waals surface area (Å²) in [7, 11) is -4.51. The third kappa shape index (κ3) is 2.87. The summed E-state index contributed by atoms with van der Waals surface area (Å²) >= 11 is 5.95. The monoisotopic (exact) mass is 317 g/mol. The average molecular weight is 318 g/mol. The molecule has 8 heteroatoms. The molecule has 1 aromatic carbocycles. The molecular formula is C12H17BClNO4S. The highest BCUT2D eigenvalue weighted by Gasteiger charge is 2.51. The van der Waals surface area contributed by atoms with Gasteiger partial charge < -0.3 is 9.31 Å². The van der Waals surface area contributed by atoms with Crippen LogP contribution in [0.5, 0.6) is 0 Å². The van der Waals surface area contributed by atoms with Gasteiger partial charge in [-0.15, -0.1) is 0 Å². The fraction of sp³-hybridized carbons (Fsp3) is 0.500. The second kappa shape index (κ2) is 4.71. The molecule has 110 valence electrons. The topological polar surface area (TPSA) is 78.6 Å². The molecule has 0 spiro atoms. The van der Waals surface area contributed by atoms with E-state index in [1.54, 1.807) is 6.07 Å². The third-order valence-electron chi connectivity index (χ3n) is 3.75. The van der Waals surface area contributed by atoms with Crippen molar-refractivity contribution in [1.29, 1.82) is 0 Å². The van der Waals surface area contributed by atoms with Crippen LogP contribution in [-0.4, -0.2) is 26.7 Å². The summed E-state index contributed by atoms with van der Waals surface area (Å²) < 4.78 is 34.6. The van der Waals surface area contributed by atoms with Crippen LogP contribution in [0.25, 0.3) is 0 Å². The minimum Gasteiger partial charge on any atom is -0.399 e. The maximum atomic E-state index is 11.4. The second-order valence-electron chi connectivity index (χ2n) is 5.85. The largest absolute Gasteiger partial charge is 0.494 e. The van der Waals surface area contributed by atoms with Crippen molar-refractivity contribution in [2.45, 2.75) is 43.8 Å². The summed E-state index contributed by atoms with van der Waals surface area (Å²) in [6.45, 7) is 7.66. The molecule has 1 aliphatic heterocycles. The van der Waals surface area contributed by atoms with Crippen molar-refractivity contribution in [1.82, 2.24) is 0 Å². The van der Waals surface area contributed by atoms with Gasteiger partial charge in [0.2, 0.25) is 10.0 Å². The van der Waals surface area contributed by atoms with Crippen LogP contribution in [0.15, 0.2) is 23.1 Å². The van der Waals surface area contributed by atoms with E-state index in [2.05, 4.69) is 0 Å². The van der Waals surface area contributed by atoms with Crippen LogP contribution in [0.3, 0.4) is 0 Å². The lowest BCUT2D eigenvalue weighted by molar-refractivity contribution is 0.00578. The maximum Gasteiger partial charge on any atom is 0.494 e. The fourth-order valence-corrected chi connectivity index (χ4v) is 2.76. The zero-order valence-corrected chi connectivity index (χ0v) is 13.4. The molecule has 0 radical (unpaired) electrons. The van der Waals surface area contributed by atoms with Crippen LogP contribution in [-0.2, 0) is 19.3 Å². The molecule has 1 aromatic rings. The van der Waals surface area contributed by atoms with Crippen molar-refractivity contribution in [3.8, 4) is 0 Å². The molecule has 0 unspecified atom stereocenters. The van der Waals surface area contributed by atoms with Crippen LogP contribution in [0.2, 0.25) is 5.02 Å². The van der Waals surface area contributed by atoms with Crippen molar-refractivity contribution in [3.63, 3.8) is 0 Å². The van der Waals surface area contributed by atoms with Gasteiger partial charge in [-0.25, -0.2) is 13.6 Å². The first kappa shape index (κ1) is 15.8. The lowest BCUT2D eigenvalue weighted by Gasteiger charge is -2.32. The molecule has 0 aliphatic carbocycles. The Hall–Kier alpha value is -0.595. The lowest BCUT2D eigenvalue weighted by atomic mass is 9.79. The van der Waals surface area contributed by atoms with Gasteiger partial charge in [-0.2, -0.15) is 0 Å². The van der Waals surface area contributed by atoms with E-state index in [0.717, 1.165) is 0 Å². The van der Waals surface area contributed by atoms with Gasteiger partial charge in [-0.3, -0.25) is 0 Å². The highest BCUT2D eigenvalue weighted by atomic mass is 35.5. The zero-order chi connectivity index (χ0) is 15.3. The van der Waals surface area contributed by atoms with E-state index in [4.69, 9.17) is 26.0 Å². The first-order chi connectivity index (χ1) is 8.92. The molecule has 1 heterocycles. The SMILES string of the molecule is CC1(C)OB(c2cc(Cl)cc(S(N)(=O)=O)c2)OC1(C)C. The summed E-state index contributed by atoms with van der Waals surface area (Å²) in [6, 6.07) is 4.33. The summed E-state index contributed by atoms with van der Waals surface area (Å²) in [5.74, 6) is 0. The normalized spacial score (nSPS) is 21.2. The van der Waals surface area contributed by atoms with Crippen LogP contribution >= 0.6 is 11.6 Å². The maximum absolute atomic E-state index is 11.4. The van der Waals surface area contributed by atoms with Gasteiger partial charge in [-0.1, -0.05) is 11.6 Å². The summed E-state index contributed by atoms with van der Waals surface area (Å²) in [5.41, 5.74) is -0.496. The van der Waals surface area contributed by atoms with Crippen molar-refractivity contribution in [3.05, 3.63) is 23.2 Å². The van der Waals surface area contributed by atoms with Crippen molar-refractivity contribution >= 4 is 34.2 Å². The van der Waals surface area contributed by atoms with Crippen LogP contribution < -0.4 is 10.6 Å². The second-order valence-corrected chi connectivity index (χ2v) is 7.85. The highest BCUT2D eigenvalue weighted by Crippen LogP contribution is 2.36. The first-order valence-corrected chi connectivity index (χ1v) is 8.04. The Labute approximate surface area is 124 Å². The predicted molar refractivity (Wildman–Crippen MR) is 78.5 cm³/mol. The van der Waals surface area contributed by atoms with Gasteiger partial charge in [0.25, 0.3) is 0 Å². The molecule has 0 amide bonds. The number of hydrogen-bond acceptors (Lipinski definition) is 4. The van der Waals surface area contributed by atoms with E-state index < -0.39 is 28.3 Å². The Kier molecular flexibility index (Phi) is 3.72. The number of nitrogens with two attached hydrogens (primary N) is 1. The Morgan fingerprint density at radius 2 is 1.60 bits per heavy atom. The van der Waals surface area contributed by atoms with Gasteiger partial charge in [0.05, 0.1) is 16.1 Å². The van der Waals surface area contributed by atoms with Crippen LogP contribution in [0.4, 0.5) is 0 Å². The molecule has 1 fully saturated rings. The van der Waals surface area contributed by atoms with Gasteiger partial charge in [0, 0.05) is 5.02 Å². The minimum absolute atomic E-state index is 0.0605. The van der Waals surface area contributed by atoms with E-state index in [0.29, 0.717) is 5.46 Å². The van der Waals surface area contributed by atoms with Gasteiger partial charge >= 0.3 is 7.12 Å². The Balaban J connectivity index is 2.44. The molecule has 1 saturated heterocycles. The van der Waals surface area contributed by atoms with Crippen molar-refractivity contribution < 1.29 is 17.7 Å². The molecule has 2 rings (SSSR count). The van der Waals surface area contributed by atoms with Gasteiger partial charge in [0.15, 0.2) is 0 Å². The zero-order valence-electron chi connectivity index (χ0n) is 11.8. The Morgan fingerprint density at radius 3 is 2.05 bits per heavy atom. The minimum atomic E-state index is -3.83. The molecule has 0 atom stereocenters. The molecule has 20 heavy (non-hydrogen) atoms. The molecule has 0 saturated carbocycles. The number of primary sulfonamides is 1. The number of hydrogen-bond donors (Lipinski definition) is 1. The molecule has 2 N–H and O–H groups in total. The standard InChI is InChI=1S/C12H17BClNO4S/c1-11(2)12(3,4)19-13(18-11)8-5-9(14)7-10(6-8)20(15,16)17/h5-7H,1-4H3,(H2,15,16,17). The molecule has 5 nitrogen and oxygen atoms in total. The van der Waals surface area contributed by atoms with E-state index in [1.165, 1.54) is 12.1 Å². The molecular weight excluding hydrogens is 300 g/mol. The Bertz CT molecular complexity index is 629. The number of sulfonamides is 1.